The van der Waals surface area contributed by atoms with Crippen LogP contribution in [0, 0.1) is 0 Å². The molecule has 0 aromatic heterocycles. The van der Waals surface area contributed by atoms with Gasteiger partial charge in [0.15, 0.2) is 0 Å². The standard InChI is InChI=1S/C8H9F3N2O2/c1-4-5(3-6(14)13(4)2)12-7(15)8(9,10)11/h5H,1,3H2,2H3,(H,12,15). The number of carbonyl (C=O) groups excluding carboxylic acids is 2. The van der Waals surface area contributed by atoms with Gasteiger partial charge in [0.1, 0.15) is 0 Å². The van der Waals surface area contributed by atoms with Gasteiger partial charge in [-0.25, -0.2) is 0 Å². The van der Waals surface area contributed by atoms with Crippen LogP contribution in [0.5, 0.6) is 0 Å². The lowest BCUT2D eigenvalue weighted by atomic mass is 10.2. The second kappa shape index (κ2) is 3.56. The maximum Gasteiger partial charge on any atom is 0.471 e. The first-order valence-corrected chi connectivity index (χ1v) is 4.06. The number of nitrogens with one attached hydrogen (secondary N) is 1. The van der Waals surface area contributed by atoms with Crippen LogP contribution in [0.4, 0.5) is 13.2 Å². The molecule has 1 unspecified atom stereocenters. The number of halogens is 3. The SMILES string of the molecule is C=C1C(NC(=O)C(F)(F)F)CC(=O)N1C. The molecule has 1 fully saturated rings. The van der Waals surface area contributed by atoms with Gasteiger partial charge in [0.25, 0.3) is 0 Å². The Morgan fingerprint density at radius 2 is 2.13 bits per heavy atom. The molecule has 1 aliphatic heterocycles. The molecular weight excluding hydrogens is 213 g/mol. The second-order valence-corrected chi connectivity index (χ2v) is 3.17. The molecule has 7 heteroatoms. The van der Waals surface area contributed by atoms with E-state index in [-0.39, 0.29) is 18.0 Å². The van der Waals surface area contributed by atoms with Crippen molar-refractivity contribution in [1.82, 2.24) is 10.2 Å². The molecule has 1 rings (SSSR count). The maximum absolute atomic E-state index is 11.9. The smallest absolute Gasteiger partial charge is 0.339 e. The van der Waals surface area contributed by atoms with Gasteiger partial charge in [-0.2, -0.15) is 13.2 Å². The van der Waals surface area contributed by atoms with Crippen molar-refractivity contribution in [3.05, 3.63) is 12.3 Å². The molecule has 1 aliphatic rings. The lowest BCUT2D eigenvalue weighted by molar-refractivity contribution is -0.174. The molecule has 84 valence electrons. The Bertz CT molecular complexity index is 324. The Morgan fingerprint density at radius 3 is 2.47 bits per heavy atom. The van der Waals surface area contributed by atoms with Crippen LogP contribution in [0.3, 0.4) is 0 Å². The largest absolute Gasteiger partial charge is 0.471 e. The Hall–Kier alpha value is -1.53. The van der Waals surface area contributed by atoms with E-state index in [4.69, 9.17) is 0 Å². The van der Waals surface area contributed by atoms with Gasteiger partial charge in [-0.1, -0.05) is 6.58 Å². The number of likely N-dealkylation sites (tertiary alicyclic amines) is 1. The second-order valence-electron chi connectivity index (χ2n) is 3.17. The molecule has 1 atom stereocenters. The Labute approximate surface area is 83.7 Å². The van der Waals surface area contributed by atoms with Gasteiger partial charge in [0.05, 0.1) is 12.5 Å². The normalized spacial score (nSPS) is 22.1. The third-order valence-corrected chi connectivity index (χ3v) is 2.15. The molecule has 0 saturated carbocycles. The third-order valence-electron chi connectivity index (χ3n) is 2.15. The zero-order valence-corrected chi connectivity index (χ0v) is 7.89. The minimum Gasteiger partial charge on any atom is -0.339 e. The first kappa shape index (κ1) is 11.5. The van der Waals surface area contributed by atoms with Crippen LogP contribution >= 0.6 is 0 Å². The number of carbonyl (C=O) groups is 2. The van der Waals surface area contributed by atoms with Crippen LogP contribution in [0.25, 0.3) is 0 Å². The average Bonchev–Trinajstić information content (AvgIpc) is 2.32. The van der Waals surface area contributed by atoms with Gasteiger partial charge in [0.2, 0.25) is 5.91 Å². The van der Waals surface area contributed by atoms with E-state index < -0.39 is 18.1 Å². The highest BCUT2D eigenvalue weighted by atomic mass is 19.4. The van der Waals surface area contributed by atoms with E-state index in [2.05, 4.69) is 6.58 Å². The quantitative estimate of drug-likeness (QED) is 0.698. The Balaban J connectivity index is 2.66. The highest BCUT2D eigenvalue weighted by molar-refractivity contribution is 5.86. The van der Waals surface area contributed by atoms with Crippen molar-refractivity contribution < 1.29 is 22.8 Å². The molecule has 4 nitrogen and oxygen atoms in total. The topological polar surface area (TPSA) is 49.4 Å². The molecule has 1 heterocycles. The number of nitrogens with zero attached hydrogens (tertiary/aromatic N) is 1. The minimum absolute atomic E-state index is 0.164. The summed E-state index contributed by atoms with van der Waals surface area (Å²) in [6, 6.07) is -0.961. The summed E-state index contributed by atoms with van der Waals surface area (Å²) in [5.41, 5.74) is 0.164. The molecular formula is C8H9F3N2O2. The summed E-state index contributed by atoms with van der Waals surface area (Å²) in [6.07, 6.45) is -5.12. The van der Waals surface area contributed by atoms with Crippen LogP contribution in [-0.4, -0.2) is 36.0 Å². The van der Waals surface area contributed by atoms with Crippen molar-refractivity contribution in [2.45, 2.75) is 18.6 Å². The molecule has 0 aliphatic carbocycles. The monoisotopic (exact) mass is 222 g/mol. The number of amides is 2. The van der Waals surface area contributed by atoms with Crippen molar-refractivity contribution in [2.75, 3.05) is 7.05 Å². The molecule has 0 radical (unpaired) electrons. The van der Waals surface area contributed by atoms with Gasteiger partial charge in [-0.05, 0) is 0 Å². The number of rotatable bonds is 1. The van der Waals surface area contributed by atoms with E-state index in [1.54, 1.807) is 5.32 Å². The zero-order valence-electron chi connectivity index (χ0n) is 7.89. The number of hydrogen-bond acceptors (Lipinski definition) is 2. The summed E-state index contributed by atoms with van der Waals surface area (Å²) in [7, 11) is 1.39. The van der Waals surface area contributed by atoms with Gasteiger partial charge < -0.3 is 10.2 Å². The molecule has 1 saturated heterocycles. The van der Waals surface area contributed by atoms with Gasteiger partial charge in [0, 0.05) is 12.7 Å². The number of alkyl halides is 3. The molecule has 15 heavy (non-hydrogen) atoms. The van der Waals surface area contributed by atoms with Crippen molar-refractivity contribution in [3.8, 4) is 0 Å². The average molecular weight is 222 g/mol. The summed E-state index contributed by atoms with van der Waals surface area (Å²) in [4.78, 5) is 22.8. The highest BCUT2D eigenvalue weighted by Gasteiger charge is 2.42. The first-order valence-electron chi connectivity index (χ1n) is 4.06. The van der Waals surface area contributed by atoms with Gasteiger partial charge >= 0.3 is 12.1 Å². The third kappa shape index (κ3) is 2.28. The van der Waals surface area contributed by atoms with Gasteiger partial charge in [-0.3, -0.25) is 9.59 Å². The molecule has 0 bridgehead atoms. The zero-order chi connectivity index (χ0) is 11.8. The Morgan fingerprint density at radius 1 is 1.60 bits per heavy atom. The molecule has 1 N–H and O–H groups in total. The Kier molecular flexibility index (Phi) is 2.74. The summed E-state index contributed by atoms with van der Waals surface area (Å²) in [6.45, 7) is 3.43. The van der Waals surface area contributed by atoms with Gasteiger partial charge in [-0.15, -0.1) is 0 Å². The number of hydrogen-bond donors (Lipinski definition) is 1. The van der Waals surface area contributed by atoms with Crippen LogP contribution in [0.1, 0.15) is 6.42 Å². The first-order chi connectivity index (χ1) is 6.73. The van der Waals surface area contributed by atoms with E-state index in [1.807, 2.05) is 0 Å². The lowest BCUT2D eigenvalue weighted by Crippen LogP contribution is -2.43. The molecule has 2 amide bonds. The van der Waals surface area contributed by atoms with Crippen LogP contribution in [-0.2, 0) is 9.59 Å². The maximum atomic E-state index is 11.9. The van der Waals surface area contributed by atoms with E-state index in [0.717, 1.165) is 4.90 Å². The summed E-state index contributed by atoms with van der Waals surface area (Å²) in [5.74, 6) is -2.43. The molecule has 0 aromatic carbocycles. The number of likely N-dealkylation sites (N-methyl/N-ethyl adjacent to an activating group) is 1. The van der Waals surface area contributed by atoms with Crippen molar-refractivity contribution >= 4 is 11.8 Å². The van der Waals surface area contributed by atoms with E-state index in [9.17, 15) is 22.8 Å². The summed E-state index contributed by atoms with van der Waals surface area (Å²) >= 11 is 0. The van der Waals surface area contributed by atoms with Crippen molar-refractivity contribution in [2.24, 2.45) is 0 Å². The fourth-order valence-electron chi connectivity index (χ4n) is 1.20. The molecule has 0 spiro atoms. The predicted octanol–water partition coefficient (Wildman–Crippen LogP) is 0.409. The van der Waals surface area contributed by atoms with Crippen molar-refractivity contribution in [1.29, 1.82) is 0 Å². The summed E-state index contributed by atoms with van der Waals surface area (Å²) < 4.78 is 35.7. The molecule has 0 aromatic rings. The van der Waals surface area contributed by atoms with E-state index >= 15 is 0 Å². The highest BCUT2D eigenvalue weighted by Crippen LogP contribution is 2.21. The van der Waals surface area contributed by atoms with Crippen LogP contribution in [0.15, 0.2) is 12.3 Å². The minimum atomic E-state index is -4.94. The fourth-order valence-corrected chi connectivity index (χ4v) is 1.20. The van der Waals surface area contributed by atoms with Crippen molar-refractivity contribution in [3.63, 3.8) is 0 Å². The fraction of sp³-hybridized carbons (Fsp3) is 0.500. The van der Waals surface area contributed by atoms with Crippen LogP contribution < -0.4 is 5.32 Å². The lowest BCUT2D eigenvalue weighted by Gasteiger charge is -2.16. The van der Waals surface area contributed by atoms with E-state index in [0.29, 0.717) is 0 Å². The van der Waals surface area contributed by atoms with Crippen LogP contribution in [0.2, 0.25) is 0 Å². The summed E-state index contributed by atoms with van der Waals surface area (Å²) in [5, 5.41) is 1.70. The predicted molar refractivity (Wildman–Crippen MR) is 44.5 cm³/mol. The van der Waals surface area contributed by atoms with E-state index in [1.165, 1.54) is 7.05 Å².